The normalized spacial score (nSPS) is 10.0. The molecule has 0 unspecified atom stereocenters. The Morgan fingerprint density at radius 3 is 2.76 bits per heavy atom. The van der Waals surface area contributed by atoms with E-state index in [1.54, 1.807) is 0 Å². The summed E-state index contributed by atoms with van der Waals surface area (Å²) in [7, 11) is 0. The van der Waals surface area contributed by atoms with Gasteiger partial charge in [-0.1, -0.05) is 0 Å². The molecular formula is C10H12FN3O3. The van der Waals surface area contributed by atoms with Gasteiger partial charge in [-0.3, -0.25) is 14.9 Å². The number of non-ortho nitro benzene ring substituents is 1. The van der Waals surface area contributed by atoms with Gasteiger partial charge in [-0.25, -0.2) is 4.39 Å². The quantitative estimate of drug-likeness (QED) is 0.452. The number of carbonyl (C=O) groups is 1. The van der Waals surface area contributed by atoms with Gasteiger partial charge in [0.25, 0.3) is 11.6 Å². The number of nitrogens with one attached hydrogen (secondary N) is 1. The van der Waals surface area contributed by atoms with E-state index in [9.17, 15) is 19.3 Å². The highest BCUT2D eigenvalue weighted by Gasteiger charge is 2.15. The highest BCUT2D eigenvalue weighted by molar-refractivity contribution is 5.94. The van der Waals surface area contributed by atoms with Gasteiger partial charge >= 0.3 is 0 Å². The van der Waals surface area contributed by atoms with Crippen molar-refractivity contribution in [3.05, 3.63) is 39.7 Å². The van der Waals surface area contributed by atoms with Crippen molar-refractivity contribution in [2.45, 2.75) is 6.42 Å². The zero-order chi connectivity index (χ0) is 12.8. The van der Waals surface area contributed by atoms with Crippen LogP contribution in [0.1, 0.15) is 16.8 Å². The number of carbonyl (C=O) groups excluding carboxylic acids is 1. The lowest BCUT2D eigenvalue weighted by atomic mass is 10.2. The highest BCUT2D eigenvalue weighted by Crippen LogP contribution is 2.16. The highest BCUT2D eigenvalue weighted by atomic mass is 19.1. The van der Waals surface area contributed by atoms with Crippen molar-refractivity contribution < 1.29 is 14.1 Å². The van der Waals surface area contributed by atoms with Crippen molar-refractivity contribution in [1.82, 2.24) is 5.32 Å². The fourth-order valence-corrected chi connectivity index (χ4v) is 1.20. The van der Waals surface area contributed by atoms with Crippen LogP contribution in [0.4, 0.5) is 10.1 Å². The Labute approximate surface area is 96.8 Å². The van der Waals surface area contributed by atoms with E-state index in [0.717, 1.165) is 18.2 Å². The number of nitrogens with zero attached hydrogens (tertiary/aromatic N) is 1. The van der Waals surface area contributed by atoms with Crippen molar-refractivity contribution in [2.24, 2.45) is 5.73 Å². The number of nitro benzene ring substituents is 1. The van der Waals surface area contributed by atoms with Crippen LogP contribution in [0.5, 0.6) is 0 Å². The van der Waals surface area contributed by atoms with Crippen LogP contribution in [0.15, 0.2) is 18.2 Å². The molecule has 1 aromatic rings. The smallest absolute Gasteiger partial charge is 0.272 e. The summed E-state index contributed by atoms with van der Waals surface area (Å²) >= 11 is 0. The van der Waals surface area contributed by atoms with Crippen molar-refractivity contribution >= 4 is 11.6 Å². The first-order valence-electron chi connectivity index (χ1n) is 4.98. The first-order valence-corrected chi connectivity index (χ1v) is 4.98. The number of benzene rings is 1. The topological polar surface area (TPSA) is 98.3 Å². The average molecular weight is 241 g/mol. The summed E-state index contributed by atoms with van der Waals surface area (Å²) in [5.74, 6) is -1.52. The van der Waals surface area contributed by atoms with Gasteiger partial charge in [0.1, 0.15) is 5.82 Å². The van der Waals surface area contributed by atoms with E-state index < -0.39 is 16.6 Å². The number of hydrogen-bond donors (Lipinski definition) is 2. The predicted octanol–water partition coefficient (Wildman–Crippen LogP) is 0.812. The lowest BCUT2D eigenvalue weighted by Crippen LogP contribution is -2.26. The van der Waals surface area contributed by atoms with Gasteiger partial charge in [0.15, 0.2) is 0 Å². The minimum Gasteiger partial charge on any atom is -0.352 e. The van der Waals surface area contributed by atoms with Crippen molar-refractivity contribution in [3.63, 3.8) is 0 Å². The molecule has 0 fully saturated rings. The molecule has 0 aromatic heterocycles. The molecule has 0 radical (unpaired) electrons. The lowest BCUT2D eigenvalue weighted by Gasteiger charge is -2.04. The monoisotopic (exact) mass is 241 g/mol. The molecule has 3 N–H and O–H groups in total. The lowest BCUT2D eigenvalue weighted by molar-refractivity contribution is -0.385. The molecule has 0 aliphatic rings. The van der Waals surface area contributed by atoms with Crippen LogP contribution >= 0.6 is 0 Å². The molecule has 0 atom stereocenters. The number of nitro groups is 1. The maximum Gasteiger partial charge on any atom is 0.272 e. The maximum atomic E-state index is 13.4. The van der Waals surface area contributed by atoms with Crippen molar-refractivity contribution in [2.75, 3.05) is 13.1 Å². The van der Waals surface area contributed by atoms with Crippen molar-refractivity contribution in [1.29, 1.82) is 0 Å². The third kappa shape index (κ3) is 3.49. The summed E-state index contributed by atoms with van der Waals surface area (Å²) in [5.41, 5.74) is 4.63. The van der Waals surface area contributed by atoms with Crippen LogP contribution < -0.4 is 11.1 Å². The molecule has 0 aliphatic heterocycles. The first-order chi connectivity index (χ1) is 8.06. The predicted molar refractivity (Wildman–Crippen MR) is 59.1 cm³/mol. The molecule has 6 nitrogen and oxygen atoms in total. The summed E-state index contributed by atoms with van der Waals surface area (Å²) < 4.78 is 13.4. The SMILES string of the molecule is NCCCNC(=O)c1ccc([N+](=O)[O-])cc1F. The Bertz CT molecular complexity index is 437. The van der Waals surface area contributed by atoms with E-state index in [0.29, 0.717) is 19.5 Å². The Morgan fingerprint density at radius 1 is 1.53 bits per heavy atom. The molecule has 0 saturated carbocycles. The molecule has 1 amide bonds. The maximum absolute atomic E-state index is 13.4. The van der Waals surface area contributed by atoms with Crippen LogP contribution in [-0.2, 0) is 0 Å². The van der Waals surface area contributed by atoms with Gasteiger partial charge in [-0.2, -0.15) is 0 Å². The van der Waals surface area contributed by atoms with E-state index in [4.69, 9.17) is 5.73 Å². The third-order valence-corrected chi connectivity index (χ3v) is 2.07. The molecular weight excluding hydrogens is 229 g/mol. The van der Waals surface area contributed by atoms with Gasteiger partial charge < -0.3 is 11.1 Å². The Morgan fingerprint density at radius 2 is 2.24 bits per heavy atom. The van der Waals surface area contributed by atoms with E-state index in [1.807, 2.05) is 0 Å². The number of amides is 1. The summed E-state index contributed by atoms with van der Waals surface area (Å²) in [6.45, 7) is 0.759. The fraction of sp³-hybridized carbons (Fsp3) is 0.300. The van der Waals surface area contributed by atoms with Gasteiger partial charge in [-0.15, -0.1) is 0 Å². The molecule has 1 aromatic carbocycles. The molecule has 0 spiro atoms. The van der Waals surface area contributed by atoms with Crippen LogP contribution in [0.3, 0.4) is 0 Å². The summed E-state index contributed by atoms with van der Waals surface area (Å²) in [6.07, 6.45) is 0.584. The van der Waals surface area contributed by atoms with Gasteiger partial charge in [-0.05, 0) is 19.0 Å². The summed E-state index contributed by atoms with van der Waals surface area (Å²) in [6, 6.07) is 2.89. The van der Waals surface area contributed by atoms with Crippen LogP contribution in [0.2, 0.25) is 0 Å². The second-order valence-electron chi connectivity index (χ2n) is 3.32. The average Bonchev–Trinajstić information content (AvgIpc) is 2.28. The number of hydrogen-bond acceptors (Lipinski definition) is 4. The number of nitrogens with two attached hydrogens (primary N) is 1. The summed E-state index contributed by atoms with van der Waals surface area (Å²) in [5, 5.41) is 12.8. The van der Waals surface area contributed by atoms with Gasteiger partial charge in [0.05, 0.1) is 16.6 Å². The van der Waals surface area contributed by atoms with E-state index >= 15 is 0 Å². The minimum atomic E-state index is -0.913. The summed E-state index contributed by atoms with van der Waals surface area (Å²) in [4.78, 5) is 21.1. The zero-order valence-corrected chi connectivity index (χ0v) is 8.98. The zero-order valence-electron chi connectivity index (χ0n) is 8.98. The van der Waals surface area contributed by atoms with Crippen LogP contribution in [0, 0.1) is 15.9 Å². The van der Waals surface area contributed by atoms with Crippen molar-refractivity contribution in [3.8, 4) is 0 Å². The van der Waals surface area contributed by atoms with Crippen LogP contribution in [-0.4, -0.2) is 23.9 Å². The third-order valence-electron chi connectivity index (χ3n) is 2.07. The van der Waals surface area contributed by atoms with E-state index in [2.05, 4.69) is 5.32 Å². The van der Waals surface area contributed by atoms with Gasteiger partial charge in [0, 0.05) is 12.6 Å². The molecule has 0 saturated heterocycles. The number of halogens is 1. The second-order valence-corrected chi connectivity index (χ2v) is 3.32. The van der Waals surface area contributed by atoms with E-state index in [1.165, 1.54) is 0 Å². The van der Waals surface area contributed by atoms with Crippen LogP contribution in [0.25, 0.3) is 0 Å². The number of rotatable bonds is 5. The Hall–Kier alpha value is -2.02. The molecule has 0 aliphatic carbocycles. The first kappa shape index (κ1) is 13.0. The van der Waals surface area contributed by atoms with E-state index in [-0.39, 0.29) is 11.3 Å². The molecule has 0 heterocycles. The minimum absolute atomic E-state index is 0.215. The standard InChI is InChI=1S/C10H12FN3O3/c11-9-6-7(14(16)17)2-3-8(9)10(15)13-5-1-4-12/h2-3,6H,1,4-5,12H2,(H,13,15). The molecule has 7 heteroatoms. The fourth-order valence-electron chi connectivity index (χ4n) is 1.20. The molecule has 1 rings (SSSR count). The van der Waals surface area contributed by atoms with Gasteiger partial charge in [0.2, 0.25) is 0 Å². The largest absolute Gasteiger partial charge is 0.352 e. The Kier molecular flexibility index (Phi) is 4.53. The molecule has 0 bridgehead atoms. The Balaban J connectivity index is 2.78. The molecule has 92 valence electrons. The molecule has 17 heavy (non-hydrogen) atoms. The second kappa shape index (κ2) is 5.90.